The molecule has 0 saturated carbocycles. The minimum atomic E-state index is -0.0353. The summed E-state index contributed by atoms with van der Waals surface area (Å²) in [4.78, 5) is 2.44. The summed E-state index contributed by atoms with van der Waals surface area (Å²) in [6.07, 6.45) is 0. The number of benzene rings is 4. The number of aryl methyl sites for hydroxylation is 2. The highest BCUT2D eigenvalue weighted by Crippen LogP contribution is 2.50. The van der Waals surface area contributed by atoms with Crippen LogP contribution in [0, 0.1) is 13.8 Å². The van der Waals surface area contributed by atoms with Gasteiger partial charge in [-0.25, -0.2) is 0 Å². The van der Waals surface area contributed by atoms with Crippen molar-refractivity contribution in [1.82, 2.24) is 0 Å². The Hall–Kier alpha value is -3.32. The molecule has 0 radical (unpaired) electrons. The molecule has 4 aromatic carbocycles. The zero-order valence-corrected chi connectivity index (χ0v) is 21.5. The molecule has 1 aliphatic carbocycles. The first-order valence-corrected chi connectivity index (χ1v) is 12.3. The summed E-state index contributed by atoms with van der Waals surface area (Å²) in [6, 6.07) is 31.5. The molecule has 1 nitrogen and oxygen atoms in total. The summed E-state index contributed by atoms with van der Waals surface area (Å²) in [6.45, 7) is 16.0. The highest BCUT2D eigenvalue weighted by molar-refractivity contribution is 5.86. The van der Waals surface area contributed by atoms with Crippen molar-refractivity contribution in [2.24, 2.45) is 0 Å². The molecule has 0 fully saturated rings. The van der Waals surface area contributed by atoms with Crippen molar-refractivity contribution < 1.29 is 0 Å². The van der Waals surface area contributed by atoms with Crippen molar-refractivity contribution in [2.45, 2.75) is 59.4 Å². The lowest BCUT2D eigenvalue weighted by Gasteiger charge is -2.39. The Balaban J connectivity index is 1.58. The molecule has 5 rings (SSSR count). The Morgan fingerprint density at radius 1 is 0.618 bits per heavy atom. The molecule has 0 unspecified atom stereocenters. The van der Waals surface area contributed by atoms with E-state index in [0.717, 1.165) is 0 Å². The van der Waals surface area contributed by atoms with Gasteiger partial charge in [0, 0.05) is 22.3 Å². The van der Waals surface area contributed by atoms with Gasteiger partial charge in [-0.2, -0.15) is 0 Å². The van der Waals surface area contributed by atoms with Gasteiger partial charge >= 0.3 is 0 Å². The molecule has 0 heterocycles. The molecule has 0 bridgehead atoms. The predicted octanol–water partition coefficient (Wildman–Crippen LogP) is 9.21. The summed E-state index contributed by atoms with van der Waals surface area (Å²) < 4.78 is 0. The molecular formula is C33H35N. The quantitative estimate of drug-likeness (QED) is 0.304. The maximum atomic E-state index is 2.44. The van der Waals surface area contributed by atoms with Gasteiger partial charge in [0.1, 0.15) is 0 Å². The zero-order valence-electron chi connectivity index (χ0n) is 21.5. The van der Waals surface area contributed by atoms with Crippen LogP contribution in [0.1, 0.15) is 56.9 Å². The van der Waals surface area contributed by atoms with E-state index in [2.05, 4.69) is 138 Å². The normalized spacial score (nSPS) is 14.0. The average molecular weight is 446 g/mol. The third kappa shape index (κ3) is 3.55. The molecule has 0 amide bonds. The predicted molar refractivity (Wildman–Crippen MR) is 147 cm³/mol. The van der Waals surface area contributed by atoms with Gasteiger partial charge in [-0.3, -0.25) is 0 Å². The Kier molecular flexibility index (Phi) is 5.20. The van der Waals surface area contributed by atoms with Crippen LogP contribution < -0.4 is 4.90 Å². The van der Waals surface area contributed by atoms with Gasteiger partial charge in [-0.05, 0) is 103 Å². The molecule has 0 aliphatic heterocycles. The monoisotopic (exact) mass is 445 g/mol. The van der Waals surface area contributed by atoms with Gasteiger partial charge in [-0.15, -0.1) is 0 Å². The fraction of sp³-hybridized carbons (Fsp3) is 0.273. The molecule has 0 atom stereocenters. The van der Waals surface area contributed by atoms with E-state index in [1.165, 1.54) is 55.9 Å². The number of hydrogen-bond acceptors (Lipinski definition) is 1. The summed E-state index contributed by atoms with van der Waals surface area (Å²) in [5, 5.41) is 0. The van der Waals surface area contributed by atoms with Crippen molar-refractivity contribution in [1.29, 1.82) is 0 Å². The lowest BCUT2D eigenvalue weighted by Crippen LogP contribution is -2.38. The SMILES string of the molecule is Cc1cc2c(cc1-c1ccc(N(c3ccccc3C)C(C)(C)C)cc1)-c1ccccc1C2(C)C. The minimum absolute atomic E-state index is 0.0353. The lowest BCUT2D eigenvalue weighted by molar-refractivity contribution is 0.559. The smallest absolute Gasteiger partial charge is 0.0445 e. The van der Waals surface area contributed by atoms with Crippen LogP contribution in [0.3, 0.4) is 0 Å². The first-order valence-electron chi connectivity index (χ1n) is 12.3. The molecule has 0 spiro atoms. The average Bonchev–Trinajstić information content (AvgIpc) is 3.01. The fourth-order valence-electron chi connectivity index (χ4n) is 5.66. The second-order valence-electron chi connectivity index (χ2n) is 11.2. The van der Waals surface area contributed by atoms with E-state index in [-0.39, 0.29) is 11.0 Å². The number of fused-ring (bicyclic) bond motifs is 3. The molecule has 0 saturated heterocycles. The van der Waals surface area contributed by atoms with Gasteiger partial charge in [0.25, 0.3) is 0 Å². The van der Waals surface area contributed by atoms with Gasteiger partial charge in [-0.1, -0.05) is 74.5 Å². The van der Waals surface area contributed by atoms with E-state index in [1.54, 1.807) is 0 Å². The first kappa shape index (κ1) is 22.5. The van der Waals surface area contributed by atoms with Crippen molar-refractivity contribution in [3.05, 3.63) is 107 Å². The van der Waals surface area contributed by atoms with Crippen LogP contribution in [0.2, 0.25) is 0 Å². The van der Waals surface area contributed by atoms with Crippen LogP contribution in [-0.4, -0.2) is 5.54 Å². The molecule has 172 valence electrons. The second-order valence-corrected chi connectivity index (χ2v) is 11.2. The van der Waals surface area contributed by atoms with E-state index < -0.39 is 0 Å². The van der Waals surface area contributed by atoms with Crippen molar-refractivity contribution >= 4 is 11.4 Å². The third-order valence-corrected chi connectivity index (χ3v) is 7.39. The van der Waals surface area contributed by atoms with E-state index in [1.807, 2.05) is 0 Å². The molecule has 34 heavy (non-hydrogen) atoms. The fourth-order valence-corrected chi connectivity index (χ4v) is 5.66. The number of hydrogen-bond donors (Lipinski definition) is 0. The van der Waals surface area contributed by atoms with Crippen LogP contribution >= 0.6 is 0 Å². The van der Waals surface area contributed by atoms with Crippen LogP contribution in [0.15, 0.2) is 84.9 Å². The van der Waals surface area contributed by atoms with Crippen LogP contribution in [0.4, 0.5) is 11.4 Å². The Morgan fingerprint density at radius 2 is 1.26 bits per heavy atom. The maximum absolute atomic E-state index is 2.44. The molecule has 0 N–H and O–H groups in total. The van der Waals surface area contributed by atoms with Crippen molar-refractivity contribution in [2.75, 3.05) is 4.90 Å². The van der Waals surface area contributed by atoms with Crippen LogP contribution in [0.5, 0.6) is 0 Å². The molecule has 0 aromatic heterocycles. The highest BCUT2D eigenvalue weighted by Gasteiger charge is 2.35. The van der Waals surface area contributed by atoms with Crippen LogP contribution in [0.25, 0.3) is 22.3 Å². The summed E-state index contributed by atoms with van der Waals surface area (Å²) in [5.41, 5.74) is 13.3. The largest absolute Gasteiger partial charge is 0.336 e. The standard InChI is InChI=1S/C33H35N/c1-22-12-8-11-15-31(22)34(32(3,4)5)25-18-16-24(17-19-25)27-21-28-26-13-9-10-14-29(26)33(6,7)30(28)20-23(27)2/h8-21H,1-7H3. The Morgan fingerprint density at radius 3 is 1.94 bits per heavy atom. The highest BCUT2D eigenvalue weighted by atomic mass is 15.2. The molecule has 1 aliphatic rings. The van der Waals surface area contributed by atoms with Gasteiger partial charge in [0.15, 0.2) is 0 Å². The second kappa shape index (κ2) is 7.87. The minimum Gasteiger partial charge on any atom is -0.336 e. The molecule has 4 aromatic rings. The van der Waals surface area contributed by atoms with E-state index >= 15 is 0 Å². The van der Waals surface area contributed by atoms with Gasteiger partial charge < -0.3 is 4.90 Å². The first-order chi connectivity index (χ1) is 16.1. The number of para-hydroxylation sites is 1. The third-order valence-electron chi connectivity index (χ3n) is 7.39. The van der Waals surface area contributed by atoms with E-state index in [0.29, 0.717) is 0 Å². The van der Waals surface area contributed by atoms with Crippen LogP contribution in [-0.2, 0) is 5.41 Å². The number of nitrogens with zero attached hydrogens (tertiary/aromatic N) is 1. The Labute approximate surface area is 205 Å². The lowest BCUT2D eigenvalue weighted by atomic mass is 9.81. The Bertz CT molecular complexity index is 1370. The molecular weight excluding hydrogens is 410 g/mol. The maximum Gasteiger partial charge on any atom is 0.0445 e. The summed E-state index contributed by atoms with van der Waals surface area (Å²) in [5.74, 6) is 0. The van der Waals surface area contributed by atoms with Crippen molar-refractivity contribution in [3.8, 4) is 22.3 Å². The summed E-state index contributed by atoms with van der Waals surface area (Å²) in [7, 11) is 0. The molecule has 1 heteroatoms. The van der Waals surface area contributed by atoms with Gasteiger partial charge in [0.2, 0.25) is 0 Å². The van der Waals surface area contributed by atoms with Gasteiger partial charge in [0.05, 0.1) is 0 Å². The van der Waals surface area contributed by atoms with E-state index in [4.69, 9.17) is 0 Å². The summed E-state index contributed by atoms with van der Waals surface area (Å²) >= 11 is 0. The number of rotatable bonds is 3. The van der Waals surface area contributed by atoms with Crippen molar-refractivity contribution in [3.63, 3.8) is 0 Å². The topological polar surface area (TPSA) is 3.24 Å². The number of anilines is 2. The van der Waals surface area contributed by atoms with E-state index in [9.17, 15) is 0 Å². The zero-order chi connectivity index (χ0) is 24.3.